The smallest absolute Gasteiger partial charge is 0.295 e. The van der Waals surface area contributed by atoms with E-state index in [9.17, 15) is 9.59 Å². The number of aryl methyl sites for hydroxylation is 1. The van der Waals surface area contributed by atoms with E-state index in [1.165, 1.54) is 24.8 Å². The van der Waals surface area contributed by atoms with Crippen LogP contribution in [0, 0.1) is 24.7 Å². The largest absolute Gasteiger partial charge is 0.483 e. The number of rotatable bonds is 2. The lowest BCUT2D eigenvalue weighted by molar-refractivity contribution is -0.139. The van der Waals surface area contributed by atoms with Crippen LogP contribution in [0.3, 0.4) is 0 Å². The molecular formula is C29H34N2O4. The van der Waals surface area contributed by atoms with Crippen LogP contribution in [0.25, 0.3) is 0 Å². The maximum absolute atomic E-state index is 14.1. The molecule has 4 aliphatic rings. The number of carbonyl (C=O) groups is 2. The second kappa shape index (κ2) is 8.07. The lowest BCUT2D eigenvalue weighted by Crippen LogP contribution is -2.48. The second-order valence-electron chi connectivity index (χ2n) is 11.8. The number of ketones is 1. The van der Waals surface area contributed by atoms with Gasteiger partial charge in [-0.1, -0.05) is 69.5 Å². The zero-order valence-corrected chi connectivity index (χ0v) is 21.0. The summed E-state index contributed by atoms with van der Waals surface area (Å²) in [7, 11) is 0. The van der Waals surface area contributed by atoms with E-state index >= 15 is 0 Å². The fraction of sp³-hybridized carbons (Fsp3) is 0.552. The van der Waals surface area contributed by atoms with Gasteiger partial charge in [0.25, 0.3) is 5.91 Å². The number of benzene rings is 1. The van der Waals surface area contributed by atoms with Crippen molar-refractivity contribution in [3.8, 4) is 0 Å². The molecule has 35 heavy (non-hydrogen) atoms. The SMILES string of the molecule is Cc1cc(N2C(=O)C3=C(C(=O)C4CCC5CCCCC5C4O3)C2c2ccc(C(C)(C)C)cc2)no1. The maximum atomic E-state index is 14.1. The summed E-state index contributed by atoms with van der Waals surface area (Å²) >= 11 is 0. The quantitative estimate of drug-likeness (QED) is 0.549. The molecule has 5 unspecified atom stereocenters. The predicted molar refractivity (Wildman–Crippen MR) is 132 cm³/mol. The van der Waals surface area contributed by atoms with Gasteiger partial charge in [-0.2, -0.15) is 0 Å². The average Bonchev–Trinajstić information content (AvgIpc) is 3.39. The highest BCUT2D eigenvalue weighted by Crippen LogP contribution is 2.52. The van der Waals surface area contributed by atoms with Crippen molar-refractivity contribution < 1.29 is 18.8 Å². The molecule has 1 aromatic carbocycles. The lowest BCUT2D eigenvalue weighted by atomic mass is 9.63. The zero-order valence-electron chi connectivity index (χ0n) is 21.0. The van der Waals surface area contributed by atoms with Crippen LogP contribution < -0.4 is 4.90 Å². The number of ether oxygens (including phenoxy) is 1. The molecule has 5 atom stereocenters. The minimum atomic E-state index is -0.562. The van der Waals surface area contributed by atoms with Crippen LogP contribution in [0.2, 0.25) is 0 Å². The molecule has 0 radical (unpaired) electrons. The van der Waals surface area contributed by atoms with Gasteiger partial charge in [0.1, 0.15) is 11.9 Å². The molecule has 2 aromatic rings. The molecule has 2 saturated carbocycles. The molecule has 2 aliphatic carbocycles. The first-order valence-electron chi connectivity index (χ1n) is 13.1. The Labute approximate surface area is 206 Å². The molecule has 2 aliphatic heterocycles. The third kappa shape index (κ3) is 3.56. The third-order valence-corrected chi connectivity index (χ3v) is 8.64. The Bertz CT molecular complexity index is 1200. The summed E-state index contributed by atoms with van der Waals surface area (Å²) in [5.74, 6) is 1.85. The van der Waals surface area contributed by atoms with Crippen LogP contribution in [-0.4, -0.2) is 23.0 Å². The van der Waals surface area contributed by atoms with Crippen molar-refractivity contribution in [3.63, 3.8) is 0 Å². The van der Waals surface area contributed by atoms with Gasteiger partial charge in [-0.25, -0.2) is 0 Å². The van der Waals surface area contributed by atoms with Crippen LogP contribution in [0.5, 0.6) is 0 Å². The number of amides is 1. The summed E-state index contributed by atoms with van der Waals surface area (Å²) in [5.41, 5.74) is 2.59. The number of aromatic nitrogens is 1. The molecule has 6 nitrogen and oxygen atoms in total. The van der Waals surface area contributed by atoms with Crippen molar-refractivity contribution >= 4 is 17.5 Å². The average molecular weight is 475 g/mol. The molecule has 0 bridgehead atoms. The van der Waals surface area contributed by atoms with Crippen LogP contribution in [0.15, 0.2) is 46.2 Å². The Balaban J connectivity index is 1.44. The molecule has 6 rings (SSSR count). The summed E-state index contributed by atoms with van der Waals surface area (Å²) in [6, 6.07) is 9.44. The van der Waals surface area contributed by atoms with E-state index in [-0.39, 0.29) is 34.9 Å². The first kappa shape index (κ1) is 22.6. The van der Waals surface area contributed by atoms with E-state index in [4.69, 9.17) is 9.26 Å². The van der Waals surface area contributed by atoms with Crippen molar-refractivity contribution in [2.75, 3.05) is 4.90 Å². The van der Waals surface area contributed by atoms with Gasteiger partial charge in [0.15, 0.2) is 17.4 Å². The number of Topliss-reactive ketones (excluding diaryl/α,β-unsaturated/α-hetero) is 1. The highest BCUT2D eigenvalue weighted by molar-refractivity contribution is 6.17. The van der Waals surface area contributed by atoms with Crippen molar-refractivity contribution in [1.29, 1.82) is 0 Å². The van der Waals surface area contributed by atoms with E-state index in [0.29, 0.717) is 29.0 Å². The number of nitrogens with zero attached hydrogens (tertiary/aromatic N) is 2. The summed E-state index contributed by atoms with van der Waals surface area (Å²) in [6.45, 7) is 8.32. The van der Waals surface area contributed by atoms with E-state index in [0.717, 1.165) is 24.8 Å². The highest BCUT2D eigenvalue weighted by atomic mass is 16.5. The van der Waals surface area contributed by atoms with Gasteiger partial charge in [0.2, 0.25) is 0 Å². The fourth-order valence-corrected chi connectivity index (χ4v) is 6.81. The molecule has 184 valence electrons. The molecular weight excluding hydrogens is 440 g/mol. The molecule has 0 spiro atoms. The molecule has 1 aromatic heterocycles. The van der Waals surface area contributed by atoms with Gasteiger partial charge in [-0.3, -0.25) is 14.5 Å². The number of fused-ring (bicyclic) bond motifs is 3. The minimum absolute atomic E-state index is 0.00694. The molecule has 0 saturated heterocycles. The normalized spacial score (nSPS) is 30.6. The Morgan fingerprint density at radius 2 is 1.74 bits per heavy atom. The van der Waals surface area contributed by atoms with Crippen molar-refractivity contribution in [2.45, 2.75) is 83.8 Å². The fourth-order valence-electron chi connectivity index (χ4n) is 6.81. The van der Waals surface area contributed by atoms with Crippen LogP contribution in [0.1, 0.15) is 82.2 Å². The molecule has 2 fully saturated rings. The molecule has 1 amide bonds. The second-order valence-corrected chi connectivity index (χ2v) is 11.8. The monoisotopic (exact) mass is 474 g/mol. The topological polar surface area (TPSA) is 72.6 Å². The number of anilines is 1. The van der Waals surface area contributed by atoms with Crippen LogP contribution >= 0.6 is 0 Å². The summed E-state index contributed by atoms with van der Waals surface area (Å²) in [6.07, 6.45) is 6.45. The first-order valence-corrected chi connectivity index (χ1v) is 13.1. The summed E-state index contributed by atoms with van der Waals surface area (Å²) in [5, 5.41) is 4.16. The Morgan fingerprint density at radius 3 is 2.43 bits per heavy atom. The molecule has 0 N–H and O–H groups in total. The van der Waals surface area contributed by atoms with Crippen molar-refractivity contribution in [3.05, 3.63) is 58.6 Å². The highest BCUT2D eigenvalue weighted by Gasteiger charge is 2.56. The maximum Gasteiger partial charge on any atom is 0.295 e. The number of carbonyl (C=O) groups excluding carboxylic acids is 2. The lowest BCUT2D eigenvalue weighted by Gasteiger charge is -2.46. The van der Waals surface area contributed by atoms with Gasteiger partial charge >= 0.3 is 0 Å². The van der Waals surface area contributed by atoms with E-state index in [2.05, 4.69) is 38.1 Å². The first-order chi connectivity index (χ1) is 16.7. The van der Waals surface area contributed by atoms with Crippen LogP contribution in [0.4, 0.5) is 5.82 Å². The van der Waals surface area contributed by atoms with Gasteiger partial charge in [0.05, 0.1) is 17.5 Å². The van der Waals surface area contributed by atoms with Crippen molar-refractivity contribution in [1.82, 2.24) is 5.16 Å². The predicted octanol–water partition coefficient (Wildman–Crippen LogP) is 5.81. The number of hydrogen-bond donors (Lipinski definition) is 0. The summed E-state index contributed by atoms with van der Waals surface area (Å²) in [4.78, 5) is 29.5. The minimum Gasteiger partial charge on any atom is -0.483 e. The van der Waals surface area contributed by atoms with E-state index < -0.39 is 6.04 Å². The van der Waals surface area contributed by atoms with Gasteiger partial charge in [-0.05, 0) is 54.6 Å². The van der Waals surface area contributed by atoms with Gasteiger partial charge < -0.3 is 9.26 Å². The Morgan fingerprint density at radius 1 is 1.00 bits per heavy atom. The summed E-state index contributed by atoms with van der Waals surface area (Å²) < 4.78 is 11.9. The van der Waals surface area contributed by atoms with Gasteiger partial charge in [-0.15, -0.1) is 0 Å². The molecule has 3 heterocycles. The number of hydrogen-bond acceptors (Lipinski definition) is 5. The standard InChI is InChI=1S/C29H34N2O4/c1-16-15-22(30-35-16)31-24(18-9-12-19(13-10-18)29(2,3)4)23-25(32)21-14-11-17-7-5-6-8-20(17)26(21)34-27(23)28(31)33/h9-10,12-13,15,17,20-21,24,26H,5-8,11,14H2,1-4H3. The Kier molecular flexibility index (Phi) is 5.20. The van der Waals surface area contributed by atoms with Crippen LogP contribution in [-0.2, 0) is 19.7 Å². The van der Waals surface area contributed by atoms with E-state index in [1.54, 1.807) is 17.9 Å². The van der Waals surface area contributed by atoms with Crippen molar-refractivity contribution in [2.24, 2.45) is 17.8 Å². The van der Waals surface area contributed by atoms with Gasteiger partial charge in [0, 0.05) is 6.07 Å². The zero-order chi connectivity index (χ0) is 24.5. The molecule has 6 heteroatoms. The third-order valence-electron chi connectivity index (χ3n) is 8.64. The Hall–Kier alpha value is -2.89. The van der Waals surface area contributed by atoms with E-state index in [1.807, 2.05) is 12.1 Å².